The molecule has 1 amide bonds. The third-order valence-electron chi connectivity index (χ3n) is 4.96. The van der Waals surface area contributed by atoms with Gasteiger partial charge in [-0.3, -0.25) is 9.48 Å². The van der Waals surface area contributed by atoms with E-state index >= 15 is 0 Å². The Morgan fingerprint density at radius 2 is 2.00 bits per heavy atom. The van der Waals surface area contributed by atoms with Gasteiger partial charge < -0.3 is 10.2 Å². The Morgan fingerprint density at radius 1 is 1.26 bits per heavy atom. The number of unbranched alkanes of at least 4 members (excludes halogenated alkanes) is 1. The van der Waals surface area contributed by atoms with Crippen LogP contribution in [0.25, 0.3) is 11.3 Å². The van der Waals surface area contributed by atoms with Crippen molar-refractivity contribution in [3.63, 3.8) is 0 Å². The van der Waals surface area contributed by atoms with E-state index in [1.165, 1.54) is 12.1 Å². The van der Waals surface area contributed by atoms with Gasteiger partial charge >= 0.3 is 6.18 Å². The molecule has 3 aromatic rings. The second-order valence-corrected chi connectivity index (χ2v) is 7.85. The second-order valence-electron chi connectivity index (χ2n) is 7.44. The summed E-state index contributed by atoms with van der Waals surface area (Å²) in [5.41, 5.74) is 5.97. The molecule has 1 atom stereocenters. The third-order valence-corrected chi connectivity index (χ3v) is 5.29. The summed E-state index contributed by atoms with van der Waals surface area (Å²) in [5.74, 6) is 0.277. The largest absolute Gasteiger partial charge is 0.461 e. The van der Waals surface area contributed by atoms with Crippen molar-refractivity contribution in [1.29, 1.82) is 0 Å². The number of aromatic nitrogens is 2. The number of alkyl halides is 3. The summed E-state index contributed by atoms with van der Waals surface area (Å²) < 4.78 is 46.7. The van der Waals surface area contributed by atoms with Crippen LogP contribution in [-0.2, 0) is 19.0 Å². The molecule has 0 radical (unpaired) electrons. The lowest BCUT2D eigenvalue weighted by atomic mass is 10.1. The van der Waals surface area contributed by atoms with Gasteiger partial charge in [-0.05, 0) is 56.2 Å². The molecular weight excluding hydrogens is 431 g/mol. The number of hydrogen-bond donors (Lipinski definition) is 1. The van der Waals surface area contributed by atoms with Crippen LogP contribution in [0.3, 0.4) is 0 Å². The number of carbonyl (C=O) groups excluding carboxylic acids is 1. The van der Waals surface area contributed by atoms with Gasteiger partial charge in [0.15, 0.2) is 0 Å². The summed E-state index contributed by atoms with van der Waals surface area (Å²) in [6.07, 6.45) is -1.47. The molecule has 2 N–H and O–H groups in total. The number of halogens is 4. The predicted molar refractivity (Wildman–Crippen MR) is 112 cm³/mol. The molecule has 2 heterocycles. The summed E-state index contributed by atoms with van der Waals surface area (Å²) in [7, 11) is 0. The zero-order valence-electron chi connectivity index (χ0n) is 17.2. The number of furan rings is 1. The van der Waals surface area contributed by atoms with Gasteiger partial charge in [0.2, 0.25) is 0 Å². The Hall–Kier alpha value is -2.74. The van der Waals surface area contributed by atoms with E-state index in [2.05, 4.69) is 12.0 Å². The van der Waals surface area contributed by atoms with Crippen LogP contribution in [0.4, 0.5) is 13.2 Å². The number of hydrogen-bond acceptors (Lipinski definition) is 3. The van der Waals surface area contributed by atoms with Crippen molar-refractivity contribution in [3.05, 3.63) is 64.1 Å². The zero-order chi connectivity index (χ0) is 22.8. The maximum atomic E-state index is 13.1. The number of rotatable bonds is 8. The summed E-state index contributed by atoms with van der Waals surface area (Å²) in [6.45, 7) is 3.94. The highest BCUT2D eigenvalue weighted by molar-refractivity contribution is 6.31. The molecule has 0 bridgehead atoms. The van der Waals surface area contributed by atoms with E-state index in [1.807, 2.05) is 6.92 Å². The first kappa shape index (κ1) is 22.9. The second kappa shape index (κ2) is 9.18. The van der Waals surface area contributed by atoms with E-state index < -0.39 is 17.6 Å². The van der Waals surface area contributed by atoms with Crippen LogP contribution >= 0.6 is 11.6 Å². The number of nitrogens with two attached hydrogens (primary N) is 1. The van der Waals surface area contributed by atoms with Crippen molar-refractivity contribution in [1.82, 2.24) is 9.78 Å². The molecule has 0 saturated carbocycles. The van der Waals surface area contributed by atoms with Crippen LogP contribution < -0.4 is 5.73 Å². The van der Waals surface area contributed by atoms with Crippen LogP contribution in [0, 0.1) is 0 Å². The van der Waals surface area contributed by atoms with E-state index in [-0.39, 0.29) is 16.6 Å². The highest BCUT2D eigenvalue weighted by atomic mass is 35.5. The monoisotopic (exact) mass is 453 g/mol. The van der Waals surface area contributed by atoms with Crippen LogP contribution in [0.5, 0.6) is 0 Å². The fourth-order valence-corrected chi connectivity index (χ4v) is 3.59. The van der Waals surface area contributed by atoms with Crippen molar-refractivity contribution < 1.29 is 22.4 Å². The van der Waals surface area contributed by atoms with Crippen LogP contribution in [0.1, 0.15) is 60.2 Å². The number of amides is 1. The van der Waals surface area contributed by atoms with Gasteiger partial charge in [-0.1, -0.05) is 24.9 Å². The maximum absolute atomic E-state index is 13.1. The highest BCUT2D eigenvalue weighted by Gasteiger charge is 2.33. The Bertz CT molecular complexity index is 1070. The number of nitrogens with zero attached hydrogens (tertiary/aromatic N) is 2. The summed E-state index contributed by atoms with van der Waals surface area (Å²) in [4.78, 5) is 11.8. The van der Waals surface area contributed by atoms with Crippen molar-refractivity contribution in [2.24, 2.45) is 5.73 Å². The zero-order valence-corrected chi connectivity index (χ0v) is 17.9. The van der Waals surface area contributed by atoms with Crippen LogP contribution in [0.2, 0.25) is 5.02 Å². The van der Waals surface area contributed by atoms with Gasteiger partial charge in [-0.2, -0.15) is 18.3 Å². The Balaban J connectivity index is 1.82. The lowest BCUT2D eigenvalue weighted by molar-refractivity contribution is -0.137. The highest BCUT2D eigenvalue weighted by Crippen LogP contribution is 2.37. The van der Waals surface area contributed by atoms with Crippen molar-refractivity contribution in [2.75, 3.05) is 0 Å². The molecule has 166 valence electrons. The molecule has 3 rings (SSSR count). The van der Waals surface area contributed by atoms with Gasteiger partial charge in [0.1, 0.15) is 17.2 Å². The average molecular weight is 454 g/mol. The molecule has 1 aromatic carbocycles. The Morgan fingerprint density at radius 3 is 2.65 bits per heavy atom. The van der Waals surface area contributed by atoms with Crippen LogP contribution in [0.15, 0.2) is 40.8 Å². The van der Waals surface area contributed by atoms with E-state index in [1.54, 1.807) is 22.9 Å². The van der Waals surface area contributed by atoms with Gasteiger partial charge in [0.05, 0.1) is 22.3 Å². The van der Waals surface area contributed by atoms with E-state index in [4.69, 9.17) is 21.8 Å². The fourth-order valence-electron chi connectivity index (χ4n) is 3.36. The number of benzene rings is 1. The van der Waals surface area contributed by atoms with Crippen molar-refractivity contribution >= 4 is 17.5 Å². The molecule has 31 heavy (non-hydrogen) atoms. The number of carbonyl (C=O) groups is 1. The minimum absolute atomic E-state index is 0.243. The summed E-state index contributed by atoms with van der Waals surface area (Å²) >= 11 is 5.69. The maximum Gasteiger partial charge on any atom is 0.417 e. The van der Waals surface area contributed by atoms with Gasteiger partial charge in [0, 0.05) is 12.0 Å². The fraction of sp³-hybridized carbons (Fsp3) is 0.364. The summed E-state index contributed by atoms with van der Waals surface area (Å²) in [6, 6.07) is 8.40. The first-order valence-electron chi connectivity index (χ1n) is 9.94. The quantitative estimate of drug-likeness (QED) is 0.450. The van der Waals surface area contributed by atoms with Crippen molar-refractivity contribution in [3.8, 4) is 11.3 Å². The average Bonchev–Trinajstić information content (AvgIpc) is 3.33. The molecule has 0 spiro atoms. The Labute approximate surface area is 183 Å². The molecule has 0 aliphatic carbocycles. The molecule has 2 aromatic heterocycles. The number of aryl methyl sites for hydroxylation is 1. The molecule has 9 heteroatoms. The lowest BCUT2D eigenvalue weighted by Crippen LogP contribution is -2.21. The predicted octanol–water partition coefficient (Wildman–Crippen LogP) is 6.06. The minimum atomic E-state index is -4.56. The number of primary amides is 1. The van der Waals surface area contributed by atoms with E-state index in [0.717, 1.165) is 31.0 Å². The smallest absolute Gasteiger partial charge is 0.417 e. The molecule has 1 unspecified atom stereocenters. The van der Waals surface area contributed by atoms with E-state index in [0.29, 0.717) is 23.6 Å². The minimum Gasteiger partial charge on any atom is -0.461 e. The molecule has 0 aliphatic heterocycles. The lowest BCUT2D eigenvalue weighted by Gasteiger charge is -2.13. The normalized spacial score (nSPS) is 12.8. The van der Waals surface area contributed by atoms with Gasteiger partial charge in [0.25, 0.3) is 5.91 Å². The summed E-state index contributed by atoms with van der Waals surface area (Å²) in [5, 5.41) is 4.15. The standard InChI is InChI=1S/C22H23ClF3N3O2/c1-3-4-5-15-12-19(21(27)30)29(28-15)13(2)10-16-7-9-20(31-16)14-6-8-18(23)17(11-14)22(24,25)26/h6-9,11-13H,3-5,10H2,1-2H3,(H2,27,30). The molecular formula is C22H23ClF3N3O2. The van der Waals surface area contributed by atoms with E-state index in [9.17, 15) is 18.0 Å². The first-order valence-corrected chi connectivity index (χ1v) is 10.3. The molecule has 5 nitrogen and oxygen atoms in total. The molecule has 0 aliphatic rings. The Kier molecular flexibility index (Phi) is 6.79. The molecule has 0 fully saturated rings. The van der Waals surface area contributed by atoms with Crippen LogP contribution in [-0.4, -0.2) is 15.7 Å². The van der Waals surface area contributed by atoms with Gasteiger partial charge in [-0.25, -0.2) is 0 Å². The topological polar surface area (TPSA) is 74.1 Å². The third kappa shape index (κ3) is 5.31. The first-order chi connectivity index (χ1) is 14.6. The molecule has 0 saturated heterocycles. The SMILES string of the molecule is CCCCc1cc(C(N)=O)n(C(C)Cc2ccc(-c3ccc(Cl)c(C(F)(F)F)c3)o2)n1. The van der Waals surface area contributed by atoms with Crippen molar-refractivity contribution in [2.45, 2.75) is 51.7 Å². The van der Waals surface area contributed by atoms with Gasteiger partial charge in [-0.15, -0.1) is 0 Å².